The highest BCUT2D eigenvalue weighted by molar-refractivity contribution is 7.89. The van der Waals surface area contributed by atoms with Crippen LogP contribution in [0.4, 0.5) is 0 Å². The Morgan fingerprint density at radius 1 is 0.763 bits per heavy atom. The van der Waals surface area contributed by atoms with Gasteiger partial charge in [-0.25, -0.2) is 13.1 Å². The number of fused-ring (bicyclic) bond motifs is 1. The average Bonchev–Trinajstić information content (AvgIpc) is 3.21. The molecule has 1 aliphatic rings. The highest BCUT2D eigenvalue weighted by Gasteiger charge is 2.51. The molecule has 0 radical (unpaired) electrons. The Hall–Kier alpha value is -4.01. The summed E-state index contributed by atoms with van der Waals surface area (Å²) in [5.41, 5.74) is 0.424. The lowest BCUT2D eigenvalue weighted by atomic mass is 9.82. The van der Waals surface area contributed by atoms with Crippen molar-refractivity contribution in [3.05, 3.63) is 114 Å². The van der Waals surface area contributed by atoms with Crippen LogP contribution in [0.15, 0.2) is 108 Å². The van der Waals surface area contributed by atoms with Gasteiger partial charge in [-0.05, 0) is 46.9 Å². The minimum Gasteiger partial charge on any atom is -0.334 e. The molecular weight excluding hydrogens is 496 g/mol. The molecule has 0 aliphatic carbocycles. The van der Waals surface area contributed by atoms with Crippen LogP contribution in [0.1, 0.15) is 30.4 Å². The lowest BCUT2D eigenvalue weighted by Gasteiger charge is -2.28. The lowest BCUT2D eigenvalue weighted by molar-refractivity contribution is -0.130. The van der Waals surface area contributed by atoms with Gasteiger partial charge in [-0.1, -0.05) is 97.4 Å². The number of rotatable bonds is 10. The van der Waals surface area contributed by atoms with Gasteiger partial charge in [-0.2, -0.15) is 0 Å². The monoisotopic (exact) mass is 526 g/mol. The number of sulfonamides is 1. The Labute approximate surface area is 223 Å². The number of amides is 1. The zero-order valence-corrected chi connectivity index (χ0v) is 21.7. The number of hydrogen-bond donors (Lipinski definition) is 3. The average molecular weight is 527 g/mol. The van der Waals surface area contributed by atoms with Crippen LogP contribution in [-0.4, -0.2) is 38.3 Å². The van der Waals surface area contributed by atoms with Crippen LogP contribution in [0.2, 0.25) is 0 Å². The van der Waals surface area contributed by atoms with Crippen molar-refractivity contribution in [3.63, 3.8) is 0 Å². The maximum Gasteiger partial charge on any atom is 0.264 e. The molecule has 1 amide bonds. The van der Waals surface area contributed by atoms with E-state index in [0.29, 0.717) is 32.4 Å². The third-order valence-electron chi connectivity index (χ3n) is 6.94. The second-order valence-corrected chi connectivity index (χ2v) is 11.1. The van der Waals surface area contributed by atoms with Crippen molar-refractivity contribution in [1.82, 2.24) is 14.9 Å². The van der Waals surface area contributed by atoms with Gasteiger partial charge in [0.1, 0.15) is 0 Å². The van der Waals surface area contributed by atoms with E-state index in [-0.39, 0.29) is 16.8 Å². The summed E-state index contributed by atoms with van der Waals surface area (Å²) in [7, 11) is -3.61. The molecule has 1 aliphatic heterocycles. The molecule has 1 heterocycles. The molecule has 4 aromatic carbocycles. The molecule has 0 saturated carbocycles. The van der Waals surface area contributed by atoms with Crippen LogP contribution in [0.5, 0.6) is 0 Å². The van der Waals surface area contributed by atoms with Gasteiger partial charge in [0.15, 0.2) is 11.5 Å². The number of nitrogens with one attached hydrogen (secondary N) is 3. The van der Waals surface area contributed by atoms with E-state index in [1.807, 2.05) is 91.0 Å². The first-order valence-corrected chi connectivity index (χ1v) is 14.2. The molecular formula is C30H30N4O3S. The largest absolute Gasteiger partial charge is 0.334 e. The van der Waals surface area contributed by atoms with Crippen molar-refractivity contribution >= 4 is 32.7 Å². The van der Waals surface area contributed by atoms with Gasteiger partial charge >= 0.3 is 0 Å². The Bertz CT molecular complexity index is 1520. The number of hydrogen-bond acceptors (Lipinski definition) is 4. The van der Waals surface area contributed by atoms with E-state index >= 15 is 0 Å². The Balaban J connectivity index is 1.18. The zero-order chi connectivity index (χ0) is 26.6. The van der Waals surface area contributed by atoms with E-state index in [4.69, 9.17) is 5.41 Å². The van der Waals surface area contributed by atoms with Crippen LogP contribution in [0.25, 0.3) is 10.8 Å². The van der Waals surface area contributed by atoms with E-state index in [9.17, 15) is 13.2 Å². The molecule has 3 N–H and O–H groups in total. The highest BCUT2D eigenvalue weighted by Crippen LogP contribution is 2.35. The predicted octanol–water partition coefficient (Wildman–Crippen LogP) is 4.60. The molecule has 0 bridgehead atoms. The van der Waals surface area contributed by atoms with E-state index in [1.165, 1.54) is 4.90 Å². The van der Waals surface area contributed by atoms with Crippen molar-refractivity contribution in [2.24, 2.45) is 0 Å². The van der Waals surface area contributed by atoms with Crippen molar-refractivity contribution < 1.29 is 13.2 Å². The maximum atomic E-state index is 13.8. The molecule has 1 saturated heterocycles. The summed E-state index contributed by atoms with van der Waals surface area (Å²) in [6.07, 6.45) is 1.98. The molecule has 5 rings (SSSR count). The van der Waals surface area contributed by atoms with Gasteiger partial charge in [-0.15, -0.1) is 0 Å². The van der Waals surface area contributed by atoms with Gasteiger partial charge < -0.3 is 5.32 Å². The summed E-state index contributed by atoms with van der Waals surface area (Å²) < 4.78 is 28.2. The topological polar surface area (TPSA) is 102 Å². The van der Waals surface area contributed by atoms with Gasteiger partial charge in [0.2, 0.25) is 10.0 Å². The summed E-state index contributed by atoms with van der Waals surface area (Å²) in [5.74, 6) is -0.114. The van der Waals surface area contributed by atoms with E-state index in [1.54, 1.807) is 12.1 Å². The second kappa shape index (κ2) is 10.8. The van der Waals surface area contributed by atoms with Crippen molar-refractivity contribution in [1.29, 1.82) is 5.41 Å². The Morgan fingerprint density at radius 3 is 2.03 bits per heavy atom. The first-order valence-electron chi connectivity index (χ1n) is 12.7. The minimum atomic E-state index is -3.61. The SMILES string of the molecule is N=C1NC(c2ccccc2)(c2ccccc2)C(=O)N1CCCCCNS(=O)(=O)c1ccc2ccccc2c1. The third-order valence-corrected chi connectivity index (χ3v) is 8.40. The van der Waals surface area contributed by atoms with Crippen LogP contribution in [-0.2, 0) is 20.4 Å². The number of benzene rings is 4. The van der Waals surface area contributed by atoms with Gasteiger partial charge in [-0.3, -0.25) is 15.1 Å². The molecule has 194 valence electrons. The van der Waals surface area contributed by atoms with Crippen molar-refractivity contribution in [3.8, 4) is 0 Å². The lowest BCUT2D eigenvalue weighted by Crippen LogP contribution is -2.45. The highest BCUT2D eigenvalue weighted by atomic mass is 32.2. The molecule has 0 aromatic heterocycles. The number of nitrogens with zero attached hydrogens (tertiary/aromatic N) is 1. The smallest absolute Gasteiger partial charge is 0.264 e. The third kappa shape index (κ3) is 4.92. The quantitative estimate of drug-likeness (QED) is 0.263. The summed E-state index contributed by atoms with van der Waals surface area (Å²) in [5, 5.41) is 13.6. The molecule has 0 atom stereocenters. The van der Waals surface area contributed by atoms with E-state index in [2.05, 4.69) is 10.0 Å². The molecule has 4 aromatic rings. The van der Waals surface area contributed by atoms with E-state index in [0.717, 1.165) is 21.9 Å². The second-order valence-electron chi connectivity index (χ2n) is 9.38. The van der Waals surface area contributed by atoms with Crippen LogP contribution in [0.3, 0.4) is 0 Å². The van der Waals surface area contributed by atoms with Gasteiger partial charge in [0.05, 0.1) is 4.90 Å². The summed E-state index contributed by atoms with van der Waals surface area (Å²) >= 11 is 0. The van der Waals surface area contributed by atoms with Crippen LogP contribution >= 0.6 is 0 Å². The first kappa shape index (κ1) is 25.6. The molecule has 0 unspecified atom stereocenters. The molecule has 38 heavy (non-hydrogen) atoms. The zero-order valence-electron chi connectivity index (χ0n) is 20.9. The summed E-state index contributed by atoms with van der Waals surface area (Å²) in [6.45, 7) is 0.681. The fraction of sp³-hybridized carbons (Fsp3) is 0.200. The molecule has 1 fully saturated rings. The van der Waals surface area contributed by atoms with Crippen LogP contribution < -0.4 is 10.0 Å². The van der Waals surface area contributed by atoms with Gasteiger partial charge in [0, 0.05) is 13.1 Å². The fourth-order valence-corrected chi connectivity index (χ4v) is 6.06. The van der Waals surface area contributed by atoms with Crippen molar-refractivity contribution in [2.45, 2.75) is 29.7 Å². The Kier molecular flexibility index (Phi) is 7.26. The number of carbonyl (C=O) groups excluding carboxylic acids is 1. The minimum absolute atomic E-state index is 0.0692. The maximum absolute atomic E-state index is 13.8. The molecule has 7 nitrogen and oxygen atoms in total. The number of unbranched alkanes of at least 4 members (excludes halogenated alkanes) is 2. The molecule has 8 heteroatoms. The van der Waals surface area contributed by atoms with Crippen molar-refractivity contribution in [2.75, 3.05) is 13.1 Å². The van der Waals surface area contributed by atoms with E-state index < -0.39 is 15.6 Å². The predicted molar refractivity (Wildman–Crippen MR) is 149 cm³/mol. The normalized spacial score (nSPS) is 15.1. The fourth-order valence-electron chi connectivity index (χ4n) is 4.95. The standard InChI is InChI=1S/C30H30N4O3S/c31-29-33-30(25-14-4-1-5-15-25,26-16-6-2-7-17-26)28(35)34(29)21-11-3-10-20-32-38(36,37)27-19-18-23-12-8-9-13-24(23)22-27/h1-2,4-9,12-19,22,32H,3,10-11,20-21H2,(H2,31,33). The van der Waals surface area contributed by atoms with Gasteiger partial charge in [0.25, 0.3) is 5.91 Å². The number of carbonyl (C=O) groups is 1. The molecule has 0 spiro atoms. The first-order chi connectivity index (χ1) is 18.4. The summed E-state index contributed by atoms with van der Waals surface area (Å²) in [6, 6.07) is 31.7. The summed E-state index contributed by atoms with van der Waals surface area (Å²) in [4.78, 5) is 15.5. The number of guanidine groups is 1. The van der Waals surface area contributed by atoms with Crippen LogP contribution in [0, 0.1) is 5.41 Å². The Morgan fingerprint density at radius 2 is 1.37 bits per heavy atom.